The summed E-state index contributed by atoms with van der Waals surface area (Å²) in [7, 11) is 1.35. The Morgan fingerprint density at radius 2 is 2.12 bits per heavy atom. The van der Waals surface area contributed by atoms with Crippen LogP contribution in [0.15, 0.2) is 23.0 Å². The minimum Gasteiger partial charge on any atom is -0.494 e. The Morgan fingerprint density at radius 3 is 2.64 bits per heavy atom. The molecule has 0 bridgehead atoms. The lowest BCUT2D eigenvalue weighted by Gasteiger charge is -2.16. The van der Waals surface area contributed by atoms with Crippen LogP contribution >= 0.6 is 0 Å². The third-order valence-corrected chi connectivity index (χ3v) is 4.05. The van der Waals surface area contributed by atoms with E-state index in [1.807, 2.05) is 19.9 Å². The normalized spacial score (nSPS) is 11.8. The first-order valence-corrected chi connectivity index (χ1v) is 8.01. The summed E-state index contributed by atoms with van der Waals surface area (Å²) in [6, 6.07) is 6.01. The average Bonchev–Trinajstić information content (AvgIpc) is 2.62. The highest BCUT2D eigenvalue weighted by molar-refractivity contribution is 5.38. The molecule has 1 N–H and O–H groups in total. The molecular formula is C18H20FN3O3. The van der Waals surface area contributed by atoms with Crippen molar-refractivity contribution in [3.8, 4) is 11.8 Å². The van der Waals surface area contributed by atoms with Gasteiger partial charge >= 0.3 is 0 Å². The molecule has 0 aliphatic rings. The Labute approximate surface area is 145 Å². The van der Waals surface area contributed by atoms with E-state index >= 15 is 0 Å². The van der Waals surface area contributed by atoms with E-state index in [2.05, 4.69) is 5.10 Å². The van der Waals surface area contributed by atoms with Gasteiger partial charge < -0.3 is 9.84 Å². The Bertz CT molecular complexity index is 871. The molecule has 0 fully saturated rings. The first-order valence-electron chi connectivity index (χ1n) is 8.01. The largest absolute Gasteiger partial charge is 0.494 e. The van der Waals surface area contributed by atoms with Crippen LogP contribution in [-0.2, 0) is 19.4 Å². The van der Waals surface area contributed by atoms with Crippen LogP contribution in [-0.4, -0.2) is 22.0 Å². The van der Waals surface area contributed by atoms with Crippen molar-refractivity contribution in [3.63, 3.8) is 0 Å². The van der Waals surface area contributed by atoms with Crippen LogP contribution < -0.4 is 10.3 Å². The molecule has 2 aromatic rings. The molecule has 25 heavy (non-hydrogen) atoms. The molecule has 1 heterocycles. The number of rotatable bonds is 6. The summed E-state index contributed by atoms with van der Waals surface area (Å²) in [5.74, 6) is -0.536. The monoisotopic (exact) mass is 345 g/mol. The summed E-state index contributed by atoms with van der Waals surface area (Å²) >= 11 is 0. The van der Waals surface area contributed by atoms with Gasteiger partial charge in [0.15, 0.2) is 11.6 Å². The SMILES string of the molecule is CCc1nn(C[C@@H](O)c2ccc(OC)c(F)c2)c(=O)c(C#N)c1CC. The predicted octanol–water partition coefficient (Wildman–Crippen LogP) is 2.12. The maximum absolute atomic E-state index is 13.8. The number of aliphatic hydroxyl groups is 1. The fourth-order valence-electron chi connectivity index (χ4n) is 2.72. The fraction of sp³-hybridized carbons (Fsp3) is 0.389. The number of aliphatic hydroxyl groups excluding tert-OH is 1. The minimum atomic E-state index is -1.14. The Hall–Kier alpha value is -2.72. The zero-order valence-corrected chi connectivity index (χ0v) is 14.4. The second-order valence-electron chi connectivity index (χ2n) is 5.52. The van der Waals surface area contributed by atoms with Gasteiger partial charge in [-0.15, -0.1) is 0 Å². The number of hydrogen-bond donors (Lipinski definition) is 1. The number of halogens is 1. The van der Waals surface area contributed by atoms with Gasteiger partial charge in [-0.05, 0) is 36.1 Å². The van der Waals surface area contributed by atoms with E-state index in [0.29, 0.717) is 29.7 Å². The van der Waals surface area contributed by atoms with Crippen LogP contribution in [0.1, 0.15) is 42.3 Å². The number of hydrogen-bond acceptors (Lipinski definition) is 5. The van der Waals surface area contributed by atoms with Crippen LogP contribution in [0, 0.1) is 17.1 Å². The Kier molecular flexibility index (Phi) is 5.88. The maximum atomic E-state index is 13.8. The summed E-state index contributed by atoms with van der Waals surface area (Å²) in [6.07, 6.45) is -0.0541. The van der Waals surface area contributed by atoms with Crippen molar-refractivity contribution >= 4 is 0 Å². The van der Waals surface area contributed by atoms with Gasteiger partial charge in [0.05, 0.1) is 25.5 Å². The summed E-state index contributed by atoms with van der Waals surface area (Å²) < 4.78 is 19.7. The van der Waals surface area contributed by atoms with Gasteiger partial charge in [0, 0.05) is 0 Å². The van der Waals surface area contributed by atoms with Gasteiger partial charge in [-0.25, -0.2) is 9.07 Å². The first-order chi connectivity index (χ1) is 12.0. The van der Waals surface area contributed by atoms with Crippen molar-refractivity contribution in [2.24, 2.45) is 0 Å². The van der Waals surface area contributed by atoms with Gasteiger partial charge in [-0.1, -0.05) is 19.9 Å². The lowest BCUT2D eigenvalue weighted by molar-refractivity contribution is 0.148. The zero-order chi connectivity index (χ0) is 18.6. The molecule has 0 saturated heterocycles. The molecule has 7 heteroatoms. The Morgan fingerprint density at radius 1 is 1.40 bits per heavy atom. The second-order valence-corrected chi connectivity index (χ2v) is 5.52. The molecule has 2 rings (SSSR count). The molecule has 0 aliphatic carbocycles. The van der Waals surface area contributed by atoms with Crippen molar-refractivity contribution in [2.75, 3.05) is 7.11 Å². The lowest BCUT2D eigenvalue weighted by Crippen LogP contribution is -2.30. The van der Waals surface area contributed by atoms with Crippen LogP contribution in [0.25, 0.3) is 0 Å². The fourth-order valence-corrected chi connectivity index (χ4v) is 2.72. The Balaban J connectivity index is 2.41. The molecule has 0 spiro atoms. The molecule has 1 atom stereocenters. The van der Waals surface area contributed by atoms with E-state index in [1.54, 1.807) is 0 Å². The van der Waals surface area contributed by atoms with Crippen LogP contribution in [0.4, 0.5) is 4.39 Å². The van der Waals surface area contributed by atoms with Crippen molar-refractivity contribution in [1.82, 2.24) is 9.78 Å². The third kappa shape index (κ3) is 3.69. The third-order valence-electron chi connectivity index (χ3n) is 4.05. The highest BCUT2D eigenvalue weighted by atomic mass is 19.1. The smallest absolute Gasteiger partial charge is 0.285 e. The summed E-state index contributed by atoms with van der Waals surface area (Å²) in [6.45, 7) is 3.57. The van der Waals surface area contributed by atoms with Gasteiger partial charge in [0.2, 0.25) is 0 Å². The molecular weight excluding hydrogens is 325 g/mol. The van der Waals surface area contributed by atoms with E-state index in [0.717, 1.165) is 10.7 Å². The number of nitriles is 1. The zero-order valence-electron chi connectivity index (χ0n) is 14.4. The van der Waals surface area contributed by atoms with Gasteiger partial charge in [0.1, 0.15) is 11.6 Å². The second kappa shape index (κ2) is 7.90. The molecule has 0 amide bonds. The van der Waals surface area contributed by atoms with Gasteiger partial charge in [-0.2, -0.15) is 10.4 Å². The van der Waals surface area contributed by atoms with Crippen molar-refractivity contribution in [3.05, 3.63) is 56.8 Å². The van der Waals surface area contributed by atoms with Crippen molar-refractivity contribution in [1.29, 1.82) is 5.26 Å². The minimum absolute atomic E-state index is 0.0439. The molecule has 0 aliphatic heterocycles. The van der Waals surface area contributed by atoms with Crippen molar-refractivity contribution in [2.45, 2.75) is 39.3 Å². The van der Waals surface area contributed by atoms with Crippen LogP contribution in [0.2, 0.25) is 0 Å². The lowest BCUT2D eigenvalue weighted by atomic mass is 10.0. The highest BCUT2D eigenvalue weighted by Crippen LogP contribution is 2.22. The molecule has 0 saturated carbocycles. The molecule has 6 nitrogen and oxygen atoms in total. The van der Waals surface area contributed by atoms with E-state index in [1.165, 1.54) is 19.2 Å². The number of aryl methyl sites for hydroxylation is 1. The van der Waals surface area contributed by atoms with Crippen LogP contribution in [0.5, 0.6) is 5.75 Å². The van der Waals surface area contributed by atoms with E-state index in [-0.39, 0.29) is 17.9 Å². The van der Waals surface area contributed by atoms with Crippen molar-refractivity contribution < 1.29 is 14.2 Å². The number of nitrogens with zero attached hydrogens (tertiary/aromatic N) is 3. The molecule has 1 aromatic heterocycles. The van der Waals surface area contributed by atoms with E-state index < -0.39 is 17.5 Å². The molecule has 1 aromatic carbocycles. The summed E-state index contributed by atoms with van der Waals surface area (Å²) in [5.41, 5.74) is 1.07. The average molecular weight is 345 g/mol. The molecule has 132 valence electrons. The van der Waals surface area contributed by atoms with Gasteiger partial charge in [0.25, 0.3) is 5.56 Å². The van der Waals surface area contributed by atoms with Crippen LogP contribution in [0.3, 0.4) is 0 Å². The number of methoxy groups -OCH3 is 1. The number of benzene rings is 1. The van der Waals surface area contributed by atoms with E-state index in [9.17, 15) is 19.6 Å². The van der Waals surface area contributed by atoms with Gasteiger partial charge in [-0.3, -0.25) is 4.79 Å². The quantitative estimate of drug-likeness (QED) is 0.866. The molecule has 0 radical (unpaired) electrons. The predicted molar refractivity (Wildman–Crippen MR) is 89.9 cm³/mol. The molecule has 0 unspecified atom stereocenters. The topological polar surface area (TPSA) is 88.1 Å². The maximum Gasteiger partial charge on any atom is 0.285 e. The number of ether oxygens (including phenoxy) is 1. The van der Waals surface area contributed by atoms with E-state index in [4.69, 9.17) is 4.74 Å². The number of aromatic nitrogens is 2. The summed E-state index contributed by atoms with van der Waals surface area (Å²) in [5, 5.41) is 23.9. The summed E-state index contributed by atoms with van der Waals surface area (Å²) in [4.78, 5) is 12.5. The highest BCUT2D eigenvalue weighted by Gasteiger charge is 2.18. The first kappa shape index (κ1) is 18.6. The standard InChI is InChI=1S/C18H20FN3O3/c1-4-12-13(9-20)18(24)22(21-15(12)5-2)10-16(23)11-6-7-17(25-3)14(19)8-11/h6-8,16,23H,4-5,10H2,1-3H3/t16-/m1/s1.